The molecule has 0 fully saturated rings. The predicted octanol–water partition coefficient (Wildman–Crippen LogP) is 5.00. The number of nitrogens with one attached hydrogen (secondary N) is 1. The minimum atomic E-state index is -0.451. The van der Waals surface area contributed by atoms with Gasteiger partial charge >= 0.3 is 0 Å². The third-order valence-corrected chi connectivity index (χ3v) is 5.48. The normalized spacial score (nSPS) is 10.7. The molecule has 0 spiro atoms. The second kappa shape index (κ2) is 9.56. The van der Waals surface area contributed by atoms with Gasteiger partial charge < -0.3 is 15.3 Å². The number of aryl methyl sites for hydroxylation is 1. The first-order valence-electron chi connectivity index (χ1n) is 9.32. The van der Waals surface area contributed by atoms with Gasteiger partial charge in [-0.1, -0.05) is 48.8 Å². The Kier molecular flexibility index (Phi) is 7.03. The maximum Gasteiger partial charge on any atom is 0.293 e. The van der Waals surface area contributed by atoms with Crippen LogP contribution in [-0.2, 0) is 6.61 Å². The molecule has 7 nitrogen and oxygen atoms in total. The van der Waals surface area contributed by atoms with Gasteiger partial charge in [0.05, 0.1) is 22.2 Å². The molecule has 2 aromatic heterocycles. The monoisotopic (exact) mass is 472 g/mol. The van der Waals surface area contributed by atoms with E-state index in [2.05, 4.69) is 15.3 Å². The number of hydrogen-bond donors (Lipinski definition) is 2. The molecule has 4 rings (SSSR count). The maximum atomic E-state index is 13.1. The van der Waals surface area contributed by atoms with E-state index in [0.717, 1.165) is 21.5 Å². The second-order valence-electron chi connectivity index (χ2n) is 6.84. The number of pyridine rings is 1. The van der Waals surface area contributed by atoms with Crippen molar-refractivity contribution in [3.05, 3.63) is 80.2 Å². The molecule has 0 atom stereocenters. The summed E-state index contributed by atoms with van der Waals surface area (Å²) >= 11 is 12.6. The van der Waals surface area contributed by atoms with Crippen LogP contribution in [0.2, 0.25) is 10.0 Å². The van der Waals surface area contributed by atoms with Crippen molar-refractivity contribution in [2.75, 3.05) is 12.4 Å². The van der Waals surface area contributed by atoms with Crippen molar-refractivity contribution < 1.29 is 9.94 Å². The van der Waals surface area contributed by atoms with Crippen molar-refractivity contribution >= 4 is 45.9 Å². The third kappa shape index (κ3) is 4.27. The fraction of sp³-hybridized carbons (Fsp3) is 0.174. The molecule has 0 amide bonds. The topological polar surface area (TPSA) is 89.3 Å². The summed E-state index contributed by atoms with van der Waals surface area (Å²) in [7, 11) is 1.38. The van der Waals surface area contributed by atoms with Crippen molar-refractivity contribution in [2.45, 2.75) is 21.0 Å². The van der Waals surface area contributed by atoms with Crippen LogP contribution in [0.25, 0.3) is 22.2 Å². The molecule has 0 saturated heterocycles. The molecular weight excluding hydrogens is 451 g/mol. The summed E-state index contributed by atoms with van der Waals surface area (Å²) in [6.45, 7) is 1.85. The van der Waals surface area contributed by atoms with Crippen LogP contribution >= 0.6 is 23.2 Å². The van der Waals surface area contributed by atoms with E-state index in [1.54, 1.807) is 30.5 Å². The lowest BCUT2D eigenvalue weighted by Crippen LogP contribution is -2.27. The Bertz CT molecular complexity index is 1340. The Labute approximate surface area is 195 Å². The number of aromatic nitrogens is 3. The van der Waals surface area contributed by atoms with E-state index in [4.69, 9.17) is 28.0 Å². The average Bonchev–Trinajstić information content (AvgIpc) is 2.75. The minimum absolute atomic E-state index is 0. The van der Waals surface area contributed by atoms with Gasteiger partial charge in [0.1, 0.15) is 7.11 Å². The zero-order valence-electron chi connectivity index (χ0n) is 16.7. The average molecular weight is 473 g/mol. The first-order chi connectivity index (χ1) is 14.9. The first kappa shape index (κ1) is 23.5. The second-order valence-corrected chi connectivity index (χ2v) is 7.66. The van der Waals surface area contributed by atoms with Crippen molar-refractivity contribution in [2.24, 2.45) is 0 Å². The summed E-state index contributed by atoms with van der Waals surface area (Å²) in [5.41, 5.74) is 2.98. The van der Waals surface area contributed by atoms with Crippen LogP contribution in [0.1, 0.15) is 18.6 Å². The summed E-state index contributed by atoms with van der Waals surface area (Å²) in [6.07, 6.45) is 1.58. The predicted molar refractivity (Wildman–Crippen MR) is 129 cm³/mol. The number of nitrogens with zero attached hydrogens (tertiary/aromatic N) is 3. The van der Waals surface area contributed by atoms with E-state index in [9.17, 15) is 9.90 Å². The van der Waals surface area contributed by atoms with Crippen molar-refractivity contribution in [1.29, 1.82) is 0 Å². The van der Waals surface area contributed by atoms with E-state index in [1.165, 1.54) is 7.11 Å². The number of hydrogen-bond acceptors (Lipinski definition) is 6. The Balaban J connectivity index is 0.00000289. The number of rotatable bonds is 5. The van der Waals surface area contributed by atoms with Gasteiger partial charge in [0.15, 0.2) is 5.65 Å². The van der Waals surface area contributed by atoms with E-state index >= 15 is 0 Å². The molecule has 2 N–H and O–H groups in total. The number of aliphatic hydroxyl groups excluding tert-OH is 1. The smallest absolute Gasteiger partial charge is 0.293 e. The Morgan fingerprint density at radius 3 is 2.53 bits per heavy atom. The fourth-order valence-electron chi connectivity index (χ4n) is 3.26. The maximum absolute atomic E-state index is 13.1. The summed E-state index contributed by atoms with van der Waals surface area (Å²) in [4.78, 5) is 27.3. The van der Waals surface area contributed by atoms with Gasteiger partial charge in [-0.05, 0) is 42.3 Å². The lowest BCUT2D eigenvalue weighted by Gasteiger charge is -2.14. The number of aliphatic hydroxyl groups is 1. The van der Waals surface area contributed by atoms with Crippen LogP contribution in [0.3, 0.4) is 0 Å². The summed E-state index contributed by atoms with van der Waals surface area (Å²) in [6, 6.07) is 12.2. The number of halogens is 2. The van der Waals surface area contributed by atoms with Crippen LogP contribution in [0.4, 0.5) is 11.6 Å². The van der Waals surface area contributed by atoms with E-state index in [0.29, 0.717) is 21.0 Å². The molecule has 0 aliphatic heterocycles. The van der Waals surface area contributed by atoms with Gasteiger partial charge in [0.25, 0.3) is 5.56 Å². The molecule has 2 heterocycles. The molecule has 9 heteroatoms. The van der Waals surface area contributed by atoms with Gasteiger partial charge in [0.2, 0.25) is 5.95 Å². The molecule has 0 radical (unpaired) electrons. The van der Waals surface area contributed by atoms with E-state index in [-0.39, 0.29) is 31.2 Å². The molecule has 166 valence electrons. The summed E-state index contributed by atoms with van der Waals surface area (Å²) in [5, 5.41) is 13.8. The zero-order chi connectivity index (χ0) is 22.1. The molecule has 0 aliphatic carbocycles. The summed E-state index contributed by atoms with van der Waals surface area (Å²) in [5.74, 6) is 0.277. The highest BCUT2D eigenvalue weighted by Gasteiger charge is 2.18. The lowest BCUT2D eigenvalue weighted by atomic mass is 10.1. The van der Waals surface area contributed by atoms with Gasteiger partial charge in [0, 0.05) is 22.8 Å². The van der Waals surface area contributed by atoms with Crippen molar-refractivity contribution in [3.8, 4) is 11.1 Å². The fourth-order valence-corrected chi connectivity index (χ4v) is 3.86. The van der Waals surface area contributed by atoms with Gasteiger partial charge in [-0.2, -0.15) is 4.98 Å². The largest absolute Gasteiger partial charge is 0.412 e. The number of benzene rings is 2. The van der Waals surface area contributed by atoms with Crippen LogP contribution in [0.15, 0.2) is 53.5 Å². The van der Waals surface area contributed by atoms with E-state index in [1.807, 2.05) is 25.1 Å². The Hall–Kier alpha value is -3.13. The first-order valence-corrected chi connectivity index (χ1v) is 10.1. The number of anilines is 2. The zero-order valence-corrected chi connectivity index (χ0v) is 18.2. The van der Waals surface area contributed by atoms with Crippen LogP contribution in [-0.4, -0.2) is 26.9 Å². The minimum Gasteiger partial charge on any atom is -0.412 e. The third-order valence-electron chi connectivity index (χ3n) is 4.85. The summed E-state index contributed by atoms with van der Waals surface area (Å²) < 4.78 is 1.08. The molecule has 2 aromatic carbocycles. The van der Waals surface area contributed by atoms with Crippen LogP contribution < -0.4 is 15.7 Å². The Morgan fingerprint density at radius 1 is 1.16 bits per heavy atom. The van der Waals surface area contributed by atoms with E-state index < -0.39 is 5.56 Å². The van der Waals surface area contributed by atoms with Crippen LogP contribution in [0.5, 0.6) is 0 Å². The molecular formula is C23H22Cl2N4O3. The lowest BCUT2D eigenvalue weighted by molar-refractivity contribution is 0.168. The van der Waals surface area contributed by atoms with Gasteiger partial charge in [-0.3, -0.25) is 4.79 Å². The molecule has 4 aromatic rings. The standard InChI is InChI=1S/C22H18Cl2N4O3.CH4/c1-12-6-7-13(11-29)8-18(12)26-22-25-10-14-9-15(19-16(23)4-3-5-17(19)24)21(30)28(31-2)20(14)27-22;/h3-10,29H,11H2,1-2H3,(H,25,26,27);1H4. The van der Waals surface area contributed by atoms with Gasteiger partial charge in [-0.15, -0.1) is 4.73 Å². The van der Waals surface area contributed by atoms with Gasteiger partial charge in [-0.25, -0.2) is 4.98 Å². The highest BCUT2D eigenvalue weighted by atomic mass is 35.5. The number of fused-ring (bicyclic) bond motifs is 1. The molecule has 0 bridgehead atoms. The molecule has 32 heavy (non-hydrogen) atoms. The Morgan fingerprint density at radius 2 is 1.88 bits per heavy atom. The molecule has 0 unspecified atom stereocenters. The SMILES string of the molecule is C.COn1c(=O)c(-c2c(Cl)cccc2Cl)cc2cnc(Nc3cc(CO)ccc3C)nc21. The van der Waals surface area contributed by atoms with Crippen molar-refractivity contribution in [3.63, 3.8) is 0 Å². The highest BCUT2D eigenvalue weighted by molar-refractivity contribution is 6.39. The molecule has 0 aliphatic rings. The quantitative estimate of drug-likeness (QED) is 0.424. The highest BCUT2D eigenvalue weighted by Crippen LogP contribution is 2.33. The van der Waals surface area contributed by atoms with Crippen LogP contribution in [0, 0.1) is 6.92 Å². The molecule has 0 saturated carbocycles. The van der Waals surface area contributed by atoms with Crippen molar-refractivity contribution in [1.82, 2.24) is 14.7 Å².